The average molecular weight is 803 g/mol. The van der Waals surface area contributed by atoms with Gasteiger partial charge in [-0.05, 0) is 89.2 Å². The number of alkyl carbamates (subject to hydrolysis) is 1. The second-order valence-electron chi connectivity index (χ2n) is 17.4. The molecule has 13 heteroatoms. The lowest BCUT2D eigenvalue weighted by atomic mass is 9.88. The van der Waals surface area contributed by atoms with Crippen LogP contribution in [0.5, 0.6) is 0 Å². The Kier molecular flexibility index (Phi) is 17.6. The van der Waals surface area contributed by atoms with E-state index in [4.69, 9.17) is 4.74 Å². The summed E-state index contributed by atoms with van der Waals surface area (Å²) in [5.41, 5.74) is 1.28. The summed E-state index contributed by atoms with van der Waals surface area (Å²) < 4.78 is 5.33. The van der Waals surface area contributed by atoms with Gasteiger partial charge in [0.15, 0.2) is 5.78 Å². The highest BCUT2D eigenvalue weighted by Crippen LogP contribution is 2.22. The molecular formula is C45H66N6O7. The zero-order chi connectivity index (χ0) is 42.2. The summed E-state index contributed by atoms with van der Waals surface area (Å²) in [6.07, 6.45) is 3.93. The zero-order valence-electron chi connectivity index (χ0n) is 35.4. The van der Waals surface area contributed by atoms with Crippen LogP contribution in [0.4, 0.5) is 9.59 Å². The summed E-state index contributed by atoms with van der Waals surface area (Å²) in [4.78, 5) is 84.3. The number of ketones is 1. The third kappa shape index (κ3) is 16.1. The van der Waals surface area contributed by atoms with Gasteiger partial charge in [0, 0.05) is 57.0 Å². The minimum atomic E-state index is -0.871. The van der Waals surface area contributed by atoms with Crippen LogP contribution >= 0.6 is 0 Å². The molecule has 1 aliphatic heterocycles. The molecule has 318 valence electrons. The van der Waals surface area contributed by atoms with Crippen molar-refractivity contribution < 1.29 is 33.5 Å². The van der Waals surface area contributed by atoms with Gasteiger partial charge in [-0.2, -0.15) is 0 Å². The van der Waals surface area contributed by atoms with Gasteiger partial charge >= 0.3 is 12.1 Å². The molecule has 4 atom stereocenters. The lowest BCUT2D eigenvalue weighted by Gasteiger charge is -2.37. The van der Waals surface area contributed by atoms with Gasteiger partial charge in [-0.3, -0.25) is 19.2 Å². The maximum Gasteiger partial charge on any atom is 0.407 e. The Balaban J connectivity index is 1.45. The number of piperazine rings is 1. The highest BCUT2D eigenvalue weighted by Gasteiger charge is 2.35. The smallest absolute Gasteiger partial charge is 0.407 e. The number of hydrogen-bond acceptors (Lipinski definition) is 7. The number of benzene rings is 2. The van der Waals surface area contributed by atoms with E-state index < -0.39 is 35.6 Å². The molecular weight excluding hydrogens is 737 g/mol. The van der Waals surface area contributed by atoms with Gasteiger partial charge in [0.1, 0.15) is 11.6 Å². The van der Waals surface area contributed by atoms with Crippen molar-refractivity contribution in [1.82, 2.24) is 31.1 Å². The van der Waals surface area contributed by atoms with E-state index in [1.165, 1.54) is 0 Å². The highest BCUT2D eigenvalue weighted by molar-refractivity contribution is 5.94. The number of unbranched alkanes of at least 4 members (excludes halogenated alkanes) is 1. The van der Waals surface area contributed by atoms with Crippen LogP contribution in [0.15, 0.2) is 60.7 Å². The van der Waals surface area contributed by atoms with E-state index in [-0.39, 0.29) is 54.3 Å². The van der Waals surface area contributed by atoms with Crippen LogP contribution in [0.3, 0.4) is 0 Å². The molecule has 0 aromatic heterocycles. The van der Waals surface area contributed by atoms with Crippen molar-refractivity contribution in [2.75, 3.05) is 32.7 Å². The van der Waals surface area contributed by atoms with Crippen molar-refractivity contribution in [1.29, 1.82) is 0 Å². The van der Waals surface area contributed by atoms with Crippen molar-refractivity contribution in [2.24, 2.45) is 17.8 Å². The third-order valence-electron chi connectivity index (χ3n) is 10.4. The Morgan fingerprint density at radius 3 is 1.88 bits per heavy atom. The number of nitrogens with zero attached hydrogens (tertiary/aromatic N) is 2. The van der Waals surface area contributed by atoms with E-state index in [1.807, 2.05) is 81.4 Å². The summed E-state index contributed by atoms with van der Waals surface area (Å²) >= 11 is 0. The lowest BCUT2D eigenvalue weighted by Crippen LogP contribution is -2.57. The fraction of sp³-hybridized carbons (Fsp3) is 0.600. The number of carbonyl (C=O) groups excluding carboxylic acids is 6. The molecule has 1 aliphatic carbocycles. The number of carbonyl (C=O) groups is 6. The highest BCUT2D eigenvalue weighted by atomic mass is 16.6. The molecule has 6 amide bonds. The Morgan fingerprint density at radius 2 is 1.31 bits per heavy atom. The van der Waals surface area contributed by atoms with Crippen molar-refractivity contribution in [3.63, 3.8) is 0 Å². The first-order valence-corrected chi connectivity index (χ1v) is 21.1. The minimum Gasteiger partial charge on any atom is -0.444 e. The summed E-state index contributed by atoms with van der Waals surface area (Å²) in [5, 5.41) is 11.8. The van der Waals surface area contributed by atoms with Crippen LogP contribution in [0.25, 0.3) is 0 Å². The molecule has 0 unspecified atom stereocenters. The van der Waals surface area contributed by atoms with Gasteiger partial charge in [0.25, 0.3) is 0 Å². The van der Waals surface area contributed by atoms with E-state index in [2.05, 4.69) is 21.3 Å². The molecule has 13 nitrogen and oxygen atoms in total. The molecule has 4 N–H and O–H groups in total. The number of rotatable bonds is 20. The second kappa shape index (κ2) is 22.3. The maximum atomic E-state index is 14.2. The fourth-order valence-corrected chi connectivity index (χ4v) is 7.08. The van der Waals surface area contributed by atoms with E-state index in [1.54, 1.807) is 30.6 Å². The number of urea groups is 1. The fourth-order valence-electron chi connectivity index (χ4n) is 7.08. The van der Waals surface area contributed by atoms with E-state index in [0.717, 1.165) is 24.0 Å². The standard InChI is InChI=1S/C45H66N6O7/c1-31(2)27-35(30-39(52)38(29-34-17-11-8-12-18-34)49-40(53)32(3)28-33-15-9-7-10-16-33)41(54)48-37(19-13-14-22-46-44(57)58-45(4,5)6)42(55)50-23-25-51(26-24-50)43(56)47-36-20-21-36/h7-12,15-18,31-32,35-38H,13-14,19-30H2,1-6H3,(H,46,57)(H,47,56)(H,48,54)(H,49,53)/t32-,35+,37-,38-/m1/s1. The number of Topliss-reactive ketones (excluding diaryl/α,β-unsaturated/α-hetero) is 1. The summed E-state index contributed by atoms with van der Waals surface area (Å²) in [6, 6.07) is 17.6. The predicted octanol–water partition coefficient (Wildman–Crippen LogP) is 5.41. The van der Waals surface area contributed by atoms with Crippen LogP contribution in [0.2, 0.25) is 0 Å². The van der Waals surface area contributed by atoms with Crippen LogP contribution in [0.1, 0.15) is 97.6 Å². The molecule has 2 fully saturated rings. The van der Waals surface area contributed by atoms with Crippen LogP contribution < -0.4 is 21.3 Å². The van der Waals surface area contributed by atoms with Gasteiger partial charge in [-0.15, -0.1) is 0 Å². The molecule has 2 aromatic rings. The molecule has 4 rings (SSSR count). The molecule has 0 bridgehead atoms. The topological polar surface area (TPSA) is 166 Å². The molecule has 1 heterocycles. The number of ether oxygens (including phenoxy) is 1. The summed E-state index contributed by atoms with van der Waals surface area (Å²) in [5.74, 6) is -2.18. The normalized spacial score (nSPS) is 16.4. The Bertz CT molecular complexity index is 1650. The molecule has 1 saturated carbocycles. The second-order valence-corrected chi connectivity index (χ2v) is 17.4. The first-order valence-electron chi connectivity index (χ1n) is 21.1. The largest absolute Gasteiger partial charge is 0.444 e. The third-order valence-corrected chi connectivity index (χ3v) is 10.4. The Morgan fingerprint density at radius 1 is 0.741 bits per heavy atom. The quantitative estimate of drug-likeness (QED) is 0.130. The minimum absolute atomic E-state index is 0.0690. The maximum absolute atomic E-state index is 14.2. The first kappa shape index (κ1) is 45.8. The molecule has 2 aromatic carbocycles. The molecule has 0 radical (unpaired) electrons. The number of nitrogens with one attached hydrogen (secondary N) is 4. The van der Waals surface area contributed by atoms with E-state index >= 15 is 0 Å². The number of hydrogen-bond donors (Lipinski definition) is 4. The zero-order valence-corrected chi connectivity index (χ0v) is 35.4. The predicted molar refractivity (Wildman–Crippen MR) is 224 cm³/mol. The van der Waals surface area contributed by atoms with Crippen molar-refractivity contribution in [2.45, 2.75) is 123 Å². The van der Waals surface area contributed by atoms with Crippen molar-refractivity contribution in [3.05, 3.63) is 71.8 Å². The Hall–Kier alpha value is -4.94. The van der Waals surface area contributed by atoms with Crippen molar-refractivity contribution in [3.8, 4) is 0 Å². The molecule has 2 aliphatic rings. The van der Waals surface area contributed by atoms with Crippen molar-refractivity contribution >= 4 is 35.6 Å². The first-order chi connectivity index (χ1) is 27.6. The van der Waals surface area contributed by atoms with Crippen LogP contribution in [-0.2, 0) is 36.8 Å². The van der Waals surface area contributed by atoms with Gasteiger partial charge in [-0.25, -0.2) is 9.59 Å². The van der Waals surface area contributed by atoms with E-state index in [9.17, 15) is 28.8 Å². The molecule has 0 spiro atoms. The summed E-state index contributed by atoms with van der Waals surface area (Å²) in [7, 11) is 0. The molecule has 1 saturated heterocycles. The average Bonchev–Trinajstić information content (AvgIpc) is 4.00. The van der Waals surface area contributed by atoms with Crippen LogP contribution in [0, 0.1) is 17.8 Å². The molecule has 58 heavy (non-hydrogen) atoms. The summed E-state index contributed by atoms with van der Waals surface area (Å²) in [6.45, 7) is 12.9. The van der Waals surface area contributed by atoms with Gasteiger partial charge < -0.3 is 35.8 Å². The van der Waals surface area contributed by atoms with Crippen LogP contribution in [-0.4, -0.2) is 102 Å². The van der Waals surface area contributed by atoms with Gasteiger partial charge in [0.2, 0.25) is 17.7 Å². The lowest BCUT2D eigenvalue weighted by molar-refractivity contribution is -0.139. The monoisotopic (exact) mass is 802 g/mol. The SMILES string of the molecule is CC(C)C[C@@H](CC(=O)[C@@H](Cc1ccccc1)NC(=O)[C@H](C)Cc1ccccc1)C(=O)N[C@H](CCCCNC(=O)OC(C)(C)C)C(=O)N1CCN(C(=O)NC2CC2)CC1. The van der Waals surface area contributed by atoms with Gasteiger partial charge in [-0.1, -0.05) is 81.4 Å². The number of amides is 6. The Labute approximate surface area is 344 Å². The van der Waals surface area contributed by atoms with E-state index in [0.29, 0.717) is 64.8 Å². The van der Waals surface area contributed by atoms with Gasteiger partial charge in [0.05, 0.1) is 6.04 Å².